The Labute approximate surface area is 149 Å². The van der Waals surface area contributed by atoms with Gasteiger partial charge in [0.25, 0.3) is 0 Å². The molecule has 0 aliphatic carbocycles. The van der Waals surface area contributed by atoms with Crippen LogP contribution in [-0.2, 0) is 19.5 Å². The predicted octanol–water partition coefficient (Wildman–Crippen LogP) is 3.28. The van der Waals surface area contributed by atoms with Gasteiger partial charge in [-0.2, -0.15) is 0 Å². The lowest BCUT2D eigenvalue weighted by molar-refractivity contribution is 0.287. The van der Waals surface area contributed by atoms with E-state index in [4.69, 9.17) is 18.9 Å². The van der Waals surface area contributed by atoms with Gasteiger partial charge in [0.1, 0.15) is 0 Å². The molecule has 0 bridgehead atoms. The summed E-state index contributed by atoms with van der Waals surface area (Å²) < 4.78 is 21.5. The lowest BCUT2D eigenvalue weighted by Crippen LogP contribution is -2.19. The SMILES string of the molecule is COc1ccc(CCN2Cc3cc(OC)c(OC)cc3C2)cc1OC. The highest BCUT2D eigenvalue weighted by atomic mass is 16.5. The van der Waals surface area contributed by atoms with Crippen LogP contribution in [0.5, 0.6) is 23.0 Å². The Morgan fingerprint density at radius 3 is 1.76 bits per heavy atom. The van der Waals surface area contributed by atoms with Crippen molar-refractivity contribution in [1.29, 1.82) is 0 Å². The summed E-state index contributed by atoms with van der Waals surface area (Å²) in [6.07, 6.45) is 0.961. The number of ether oxygens (including phenoxy) is 4. The molecule has 0 atom stereocenters. The van der Waals surface area contributed by atoms with Crippen LogP contribution >= 0.6 is 0 Å². The van der Waals surface area contributed by atoms with Crippen LogP contribution in [0.1, 0.15) is 16.7 Å². The molecule has 0 fully saturated rings. The van der Waals surface area contributed by atoms with Gasteiger partial charge in [-0.1, -0.05) is 6.07 Å². The molecule has 2 aromatic rings. The predicted molar refractivity (Wildman–Crippen MR) is 96.9 cm³/mol. The number of benzene rings is 2. The van der Waals surface area contributed by atoms with E-state index in [0.717, 1.165) is 49.1 Å². The molecule has 1 aliphatic rings. The largest absolute Gasteiger partial charge is 0.493 e. The van der Waals surface area contributed by atoms with Gasteiger partial charge < -0.3 is 18.9 Å². The zero-order valence-electron chi connectivity index (χ0n) is 15.3. The maximum absolute atomic E-state index is 5.40. The summed E-state index contributed by atoms with van der Waals surface area (Å²) >= 11 is 0. The van der Waals surface area contributed by atoms with Gasteiger partial charge in [-0.05, 0) is 47.4 Å². The van der Waals surface area contributed by atoms with Gasteiger partial charge in [-0.15, -0.1) is 0 Å². The standard InChI is InChI=1S/C20H25NO4/c1-22-17-6-5-14(9-18(17)23-2)7-8-21-12-15-10-19(24-3)20(25-4)11-16(15)13-21/h5-6,9-11H,7-8,12-13H2,1-4H3. The molecule has 0 spiro atoms. The van der Waals surface area contributed by atoms with E-state index in [-0.39, 0.29) is 0 Å². The molecule has 0 N–H and O–H groups in total. The van der Waals surface area contributed by atoms with E-state index in [1.54, 1.807) is 28.4 Å². The Kier molecular flexibility index (Phi) is 5.34. The van der Waals surface area contributed by atoms with Crippen molar-refractivity contribution in [1.82, 2.24) is 4.90 Å². The van der Waals surface area contributed by atoms with Crippen LogP contribution in [0.25, 0.3) is 0 Å². The molecule has 134 valence electrons. The second-order valence-corrected chi connectivity index (χ2v) is 6.13. The van der Waals surface area contributed by atoms with Crippen LogP contribution in [0.2, 0.25) is 0 Å². The van der Waals surface area contributed by atoms with E-state index >= 15 is 0 Å². The summed E-state index contributed by atoms with van der Waals surface area (Å²) in [5.41, 5.74) is 3.86. The molecule has 25 heavy (non-hydrogen) atoms. The van der Waals surface area contributed by atoms with E-state index in [2.05, 4.69) is 23.1 Å². The second-order valence-electron chi connectivity index (χ2n) is 6.13. The van der Waals surface area contributed by atoms with E-state index in [1.165, 1.54) is 16.7 Å². The summed E-state index contributed by atoms with van der Waals surface area (Å²) in [4.78, 5) is 2.43. The Hall–Kier alpha value is -2.40. The number of hydrogen-bond donors (Lipinski definition) is 0. The van der Waals surface area contributed by atoms with Gasteiger partial charge in [0.15, 0.2) is 23.0 Å². The van der Waals surface area contributed by atoms with Gasteiger partial charge in [0, 0.05) is 19.6 Å². The molecule has 0 unspecified atom stereocenters. The second kappa shape index (κ2) is 7.66. The van der Waals surface area contributed by atoms with Crippen molar-refractivity contribution < 1.29 is 18.9 Å². The van der Waals surface area contributed by atoms with Gasteiger partial charge >= 0.3 is 0 Å². The number of fused-ring (bicyclic) bond motifs is 1. The highest BCUT2D eigenvalue weighted by Gasteiger charge is 2.21. The lowest BCUT2D eigenvalue weighted by Gasteiger charge is -2.15. The lowest BCUT2D eigenvalue weighted by atomic mass is 10.1. The van der Waals surface area contributed by atoms with Crippen LogP contribution < -0.4 is 18.9 Å². The molecule has 0 saturated heterocycles. The summed E-state index contributed by atoms with van der Waals surface area (Å²) in [6.45, 7) is 2.85. The third-order valence-corrected chi connectivity index (χ3v) is 4.66. The third-order valence-electron chi connectivity index (χ3n) is 4.66. The molecule has 1 heterocycles. The van der Waals surface area contributed by atoms with Crippen LogP contribution in [0, 0.1) is 0 Å². The minimum atomic E-state index is 0.763. The monoisotopic (exact) mass is 343 g/mol. The Morgan fingerprint density at radius 2 is 1.24 bits per heavy atom. The maximum atomic E-state index is 5.40. The molecule has 1 aliphatic heterocycles. The van der Waals surface area contributed by atoms with Crippen molar-refractivity contribution in [3.05, 3.63) is 47.0 Å². The maximum Gasteiger partial charge on any atom is 0.161 e. The van der Waals surface area contributed by atoms with Crippen LogP contribution in [0.3, 0.4) is 0 Å². The fraction of sp³-hybridized carbons (Fsp3) is 0.400. The number of rotatable bonds is 7. The van der Waals surface area contributed by atoms with Gasteiger partial charge in [0.2, 0.25) is 0 Å². The molecular formula is C20H25NO4. The molecule has 3 rings (SSSR count). The Bertz CT molecular complexity index is 712. The summed E-state index contributed by atoms with van der Waals surface area (Å²) in [6, 6.07) is 10.3. The van der Waals surface area contributed by atoms with Gasteiger partial charge in [-0.3, -0.25) is 4.90 Å². The van der Waals surface area contributed by atoms with E-state index < -0.39 is 0 Å². The average Bonchev–Trinajstić information content (AvgIpc) is 3.06. The third kappa shape index (κ3) is 3.66. The Balaban J connectivity index is 1.65. The van der Waals surface area contributed by atoms with E-state index in [1.807, 2.05) is 12.1 Å². The first kappa shape index (κ1) is 17.4. The van der Waals surface area contributed by atoms with Crippen molar-refractivity contribution in [3.63, 3.8) is 0 Å². The van der Waals surface area contributed by atoms with Crippen LogP contribution in [0.4, 0.5) is 0 Å². The molecule has 5 heteroatoms. The number of nitrogens with zero attached hydrogens (tertiary/aromatic N) is 1. The summed E-state index contributed by atoms with van der Waals surface area (Å²) in [5, 5.41) is 0. The van der Waals surface area contributed by atoms with Crippen LogP contribution in [-0.4, -0.2) is 39.9 Å². The van der Waals surface area contributed by atoms with Gasteiger partial charge in [0.05, 0.1) is 28.4 Å². The van der Waals surface area contributed by atoms with Crippen LogP contribution in [0.15, 0.2) is 30.3 Å². The first-order valence-electron chi connectivity index (χ1n) is 8.35. The smallest absolute Gasteiger partial charge is 0.161 e. The Morgan fingerprint density at radius 1 is 0.720 bits per heavy atom. The molecule has 0 aromatic heterocycles. The molecule has 0 radical (unpaired) electrons. The summed E-state index contributed by atoms with van der Waals surface area (Å²) in [7, 11) is 6.67. The first-order valence-corrected chi connectivity index (χ1v) is 8.35. The fourth-order valence-corrected chi connectivity index (χ4v) is 3.28. The molecule has 2 aromatic carbocycles. The zero-order chi connectivity index (χ0) is 17.8. The topological polar surface area (TPSA) is 40.2 Å². The molecular weight excluding hydrogens is 318 g/mol. The molecule has 0 saturated carbocycles. The van der Waals surface area contributed by atoms with Crippen molar-refractivity contribution in [2.45, 2.75) is 19.5 Å². The van der Waals surface area contributed by atoms with Gasteiger partial charge in [-0.25, -0.2) is 0 Å². The normalized spacial score (nSPS) is 13.4. The molecule has 0 amide bonds. The van der Waals surface area contributed by atoms with E-state index in [9.17, 15) is 0 Å². The van der Waals surface area contributed by atoms with Crippen molar-refractivity contribution in [3.8, 4) is 23.0 Å². The average molecular weight is 343 g/mol. The number of hydrogen-bond acceptors (Lipinski definition) is 5. The zero-order valence-corrected chi connectivity index (χ0v) is 15.3. The minimum absolute atomic E-state index is 0.763. The first-order chi connectivity index (χ1) is 12.2. The number of methoxy groups -OCH3 is 4. The van der Waals surface area contributed by atoms with Crippen molar-refractivity contribution >= 4 is 0 Å². The highest BCUT2D eigenvalue weighted by molar-refractivity contribution is 5.48. The minimum Gasteiger partial charge on any atom is -0.493 e. The fourth-order valence-electron chi connectivity index (χ4n) is 3.28. The molecule has 5 nitrogen and oxygen atoms in total. The highest BCUT2D eigenvalue weighted by Crippen LogP contribution is 2.35. The van der Waals surface area contributed by atoms with Crippen molar-refractivity contribution in [2.24, 2.45) is 0 Å². The van der Waals surface area contributed by atoms with Crippen molar-refractivity contribution in [2.75, 3.05) is 35.0 Å². The quantitative estimate of drug-likeness (QED) is 0.772. The van der Waals surface area contributed by atoms with E-state index in [0.29, 0.717) is 0 Å². The summed E-state index contributed by atoms with van der Waals surface area (Å²) in [5.74, 6) is 3.13.